The van der Waals surface area contributed by atoms with Gasteiger partial charge in [0.2, 0.25) is 5.91 Å². The minimum Gasteiger partial charge on any atom is -0.353 e. The van der Waals surface area contributed by atoms with Crippen molar-refractivity contribution in [3.8, 4) is 0 Å². The van der Waals surface area contributed by atoms with Crippen LogP contribution in [0.1, 0.15) is 49.4 Å². The highest BCUT2D eigenvalue weighted by molar-refractivity contribution is 7.90. The molecule has 0 unspecified atom stereocenters. The van der Waals surface area contributed by atoms with Gasteiger partial charge < -0.3 is 5.32 Å². The van der Waals surface area contributed by atoms with Crippen molar-refractivity contribution in [3.05, 3.63) is 29.8 Å². The summed E-state index contributed by atoms with van der Waals surface area (Å²) in [5, 5.41) is 2.98. The van der Waals surface area contributed by atoms with Gasteiger partial charge in [-0.3, -0.25) is 9.59 Å². The van der Waals surface area contributed by atoms with Crippen LogP contribution in [0.4, 0.5) is 0 Å². The zero-order valence-electron chi connectivity index (χ0n) is 13.7. The SMILES string of the molecule is C[C@@H]1CCCC[C@H]1NC(=O)CCN1C(=O)c2ccccc2S1(=O)=O. The van der Waals surface area contributed by atoms with Crippen LogP contribution in [-0.2, 0) is 14.8 Å². The van der Waals surface area contributed by atoms with E-state index in [4.69, 9.17) is 0 Å². The largest absolute Gasteiger partial charge is 0.353 e. The molecule has 1 fully saturated rings. The maximum absolute atomic E-state index is 12.4. The van der Waals surface area contributed by atoms with Gasteiger partial charge in [-0.15, -0.1) is 0 Å². The van der Waals surface area contributed by atoms with Gasteiger partial charge in [0.1, 0.15) is 4.90 Å². The number of rotatable bonds is 4. The lowest BCUT2D eigenvalue weighted by molar-refractivity contribution is -0.122. The fourth-order valence-corrected chi connectivity index (χ4v) is 5.03. The number of nitrogens with zero attached hydrogens (tertiary/aromatic N) is 1. The first-order valence-electron chi connectivity index (χ1n) is 8.36. The first-order valence-corrected chi connectivity index (χ1v) is 9.80. The van der Waals surface area contributed by atoms with Crippen molar-refractivity contribution >= 4 is 21.8 Å². The Labute approximate surface area is 142 Å². The average molecular weight is 350 g/mol. The molecule has 1 aliphatic carbocycles. The molecule has 0 bridgehead atoms. The molecule has 0 aromatic heterocycles. The zero-order valence-corrected chi connectivity index (χ0v) is 14.5. The molecular weight excluding hydrogens is 328 g/mol. The fourth-order valence-electron chi connectivity index (χ4n) is 3.46. The van der Waals surface area contributed by atoms with E-state index >= 15 is 0 Å². The van der Waals surface area contributed by atoms with Crippen molar-refractivity contribution in [3.63, 3.8) is 0 Å². The molecule has 3 rings (SSSR count). The molecular formula is C17H22N2O4S. The van der Waals surface area contributed by atoms with Crippen molar-refractivity contribution in [2.45, 2.75) is 50.0 Å². The molecule has 130 valence electrons. The summed E-state index contributed by atoms with van der Waals surface area (Å²) >= 11 is 0. The Morgan fingerprint density at radius 2 is 1.96 bits per heavy atom. The lowest BCUT2D eigenvalue weighted by atomic mass is 9.86. The van der Waals surface area contributed by atoms with E-state index in [1.165, 1.54) is 18.6 Å². The minimum absolute atomic E-state index is 0.0117. The topological polar surface area (TPSA) is 83.6 Å². The number of carbonyl (C=O) groups excluding carboxylic acids is 2. The molecule has 0 saturated heterocycles. The van der Waals surface area contributed by atoms with Crippen molar-refractivity contribution in [1.82, 2.24) is 9.62 Å². The van der Waals surface area contributed by atoms with E-state index in [2.05, 4.69) is 12.2 Å². The van der Waals surface area contributed by atoms with Crippen LogP contribution in [0.2, 0.25) is 0 Å². The molecule has 2 aliphatic rings. The van der Waals surface area contributed by atoms with Crippen LogP contribution in [0.25, 0.3) is 0 Å². The summed E-state index contributed by atoms with van der Waals surface area (Å²) in [6.07, 6.45) is 4.33. The van der Waals surface area contributed by atoms with Gasteiger partial charge in [0, 0.05) is 19.0 Å². The number of amides is 2. The third-order valence-electron chi connectivity index (χ3n) is 4.91. The normalized spacial score (nSPS) is 25.4. The van der Waals surface area contributed by atoms with E-state index in [0.29, 0.717) is 5.92 Å². The van der Waals surface area contributed by atoms with Gasteiger partial charge in [-0.05, 0) is 30.9 Å². The fraction of sp³-hybridized carbons (Fsp3) is 0.529. The quantitative estimate of drug-likeness (QED) is 0.899. The number of carbonyl (C=O) groups is 2. The number of hydrogen-bond donors (Lipinski definition) is 1. The lowest BCUT2D eigenvalue weighted by Gasteiger charge is -2.29. The van der Waals surface area contributed by atoms with Crippen molar-refractivity contribution in [2.75, 3.05) is 6.54 Å². The monoisotopic (exact) mass is 350 g/mol. The first-order chi connectivity index (χ1) is 11.4. The number of fused-ring (bicyclic) bond motifs is 1. The summed E-state index contributed by atoms with van der Waals surface area (Å²) in [6.45, 7) is 2.00. The summed E-state index contributed by atoms with van der Waals surface area (Å²) in [5.74, 6) is -0.318. The van der Waals surface area contributed by atoms with Gasteiger partial charge in [-0.1, -0.05) is 31.9 Å². The zero-order chi connectivity index (χ0) is 17.3. The molecule has 7 heteroatoms. The number of benzene rings is 1. The Morgan fingerprint density at radius 3 is 2.67 bits per heavy atom. The van der Waals surface area contributed by atoms with Gasteiger partial charge >= 0.3 is 0 Å². The van der Waals surface area contributed by atoms with Crippen molar-refractivity contribution < 1.29 is 18.0 Å². The first kappa shape index (κ1) is 17.0. The van der Waals surface area contributed by atoms with Crippen LogP contribution in [0.3, 0.4) is 0 Å². The molecule has 0 spiro atoms. The molecule has 1 aliphatic heterocycles. The van der Waals surface area contributed by atoms with Gasteiger partial charge in [0.15, 0.2) is 0 Å². The number of hydrogen-bond acceptors (Lipinski definition) is 4. The van der Waals surface area contributed by atoms with Crippen LogP contribution >= 0.6 is 0 Å². The molecule has 0 radical (unpaired) electrons. The molecule has 2 atom stereocenters. The van der Waals surface area contributed by atoms with E-state index in [1.54, 1.807) is 12.1 Å². The number of sulfonamides is 1. The highest BCUT2D eigenvalue weighted by Gasteiger charge is 2.40. The van der Waals surface area contributed by atoms with Crippen LogP contribution in [0.5, 0.6) is 0 Å². The third-order valence-corrected chi connectivity index (χ3v) is 6.75. The van der Waals surface area contributed by atoms with Crippen LogP contribution < -0.4 is 5.32 Å². The molecule has 1 aromatic carbocycles. The molecule has 1 N–H and O–H groups in total. The maximum atomic E-state index is 12.4. The van der Waals surface area contributed by atoms with E-state index in [-0.39, 0.29) is 35.4 Å². The summed E-state index contributed by atoms with van der Waals surface area (Å²) in [5.41, 5.74) is 0.179. The van der Waals surface area contributed by atoms with Crippen molar-refractivity contribution in [2.24, 2.45) is 5.92 Å². The molecule has 6 nitrogen and oxygen atoms in total. The van der Waals surface area contributed by atoms with Crippen LogP contribution in [0, 0.1) is 5.92 Å². The van der Waals surface area contributed by atoms with E-state index in [0.717, 1.165) is 23.6 Å². The summed E-state index contributed by atoms with van der Waals surface area (Å²) < 4.78 is 25.7. The Hall–Kier alpha value is -1.89. The second-order valence-electron chi connectivity index (χ2n) is 6.56. The van der Waals surface area contributed by atoms with Gasteiger partial charge in [-0.25, -0.2) is 12.7 Å². The van der Waals surface area contributed by atoms with E-state index in [1.807, 2.05) is 0 Å². The third kappa shape index (κ3) is 3.05. The highest BCUT2D eigenvalue weighted by atomic mass is 32.2. The molecule has 1 saturated carbocycles. The lowest BCUT2D eigenvalue weighted by Crippen LogP contribution is -2.42. The number of nitrogens with one attached hydrogen (secondary N) is 1. The maximum Gasteiger partial charge on any atom is 0.269 e. The predicted octanol–water partition coefficient (Wildman–Crippen LogP) is 1.92. The van der Waals surface area contributed by atoms with E-state index < -0.39 is 15.9 Å². The van der Waals surface area contributed by atoms with E-state index in [9.17, 15) is 18.0 Å². The minimum atomic E-state index is -3.83. The summed E-state index contributed by atoms with van der Waals surface area (Å²) in [6, 6.07) is 6.29. The average Bonchev–Trinajstić information content (AvgIpc) is 2.75. The standard InChI is InChI=1S/C17H22N2O4S/c1-12-6-2-4-8-14(12)18-16(20)10-11-19-17(21)13-7-3-5-9-15(13)24(19,22)23/h3,5,7,9,12,14H,2,4,6,8,10-11H2,1H3,(H,18,20)/t12-,14-/m1/s1. The Kier molecular flexibility index (Phi) is 4.62. The van der Waals surface area contributed by atoms with Gasteiger partial charge in [0.05, 0.1) is 5.56 Å². The van der Waals surface area contributed by atoms with Crippen molar-refractivity contribution in [1.29, 1.82) is 0 Å². The molecule has 2 amide bonds. The van der Waals surface area contributed by atoms with Gasteiger partial charge in [0.25, 0.3) is 15.9 Å². The predicted molar refractivity (Wildman–Crippen MR) is 88.8 cm³/mol. The van der Waals surface area contributed by atoms with Crippen LogP contribution in [0.15, 0.2) is 29.2 Å². The second kappa shape index (κ2) is 6.55. The Balaban J connectivity index is 1.63. The highest BCUT2D eigenvalue weighted by Crippen LogP contribution is 2.30. The molecule has 24 heavy (non-hydrogen) atoms. The Bertz CT molecular complexity index is 760. The summed E-state index contributed by atoms with van der Waals surface area (Å²) in [4.78, 5) is 24.5. The smallest absolute Gasteiger partial charge is 0.269 e. The van der Waals surface area contributed by atoms with Crippen LogP contribution in [-0.4, -0.2) is 37.1 Å². The second-order valence-corrected chi connectivity index (χ2v) is 8.39. The summed E-state index contributed by atoms with van der Waals surface area (Å²) in [7, 11) is -3.83. The molecule has 1 aromatic rings. The van der Waals surface area contributed by atoms with Gasteiger partial charge in [-0.2, -0.15) is 0 Å². The Morgan fingerprint density at radius 1 is 1.25 bits per heavy atom. The molecule has 1 heterocycles.